The lowest BCUT2D eigenvalue weighted by atomic mass is 10.1. The lowest BCUT2D eigenvalue weighted by Gasteiger charge is -2.14. The molecule has 2 aromatic carbocycles. The van der Waals surface area contributed by atoms with E-state index in [4.69, 9.17) is 10.5 Å². The number of nitrogens with zero attached hydrogens (tertiary/aromatic N) is 2. The molecule has 0 aliphatic heterocycles. The van der Waals surface area contributed by atoms with E-state index >= 15 is 0 Å². The molecule has 0 spiro atoms. The maximum atomic E-state index is 10.2. The number of benzene rings is 2. The van der Waals surface area contributed by atoms with E-state index in [1.165, 1.54) is 0 Å². The van der Waals surface area contributed by atoms with Crippen LogP contribution in [0.1, 0.15) is 28.4 Å². The zero-order chi connectivity index (χ0) is 15.2. The number of hydrogen-bond donors (Lipinski definition) is 2. The molecular weight excluding hydrogens is 262 g/mol. The Kier molecular flexibility index (Phi) is 4.56. The average molecular weight is 277 g/mol. The van der Waals surface area contributed by atoms with Gasteiger partial charge in [-0.25, -0.2) is 0 Å². The van der Waals surface area contributed by atoms with Crippen LogP contribution in [0.3, 0.4) is 0 Å². The van der Waals surface area contributed by atoms with Gasteiger partial charge in [0.2, 0.25) is 0 Å². The van der Waals surface area contributed by atoms with Gasteiger partial charge in [0, 0.05) is 6.54 Å². The molecule has 0 aliphatic rings. The smallest absolute Gasteiger partial charge is 0.102 e. The van der Waals surface area contributed by atoms with E-state index in [0.717, 1.165) is 11.1 Å². The molecule has 2 rings (SSSR count). The highest BCUT2D eigenvalue weighted by molar-refractivity contribution is 5.60. The number of aryl methyl sites for hydroxylation is 1. The number of nitriles is 2. The van der Waals surface area contributed by atoms with Gasteiger partial charge >= 0.3 is 0 Å². The number of hydrogen-bond acceptors (Lipinski definition) is 4. The summed E-state index contributed by atoms with van der Waals surface area (Å²) < 4.78 is 0. The minimum atomic E-state index is -0.704. The first-order valence-electron chi connectivity index (χ1n) is 6.57. The molecule has 1 atom stereocenters. The van der Waals surface area contributed by atoms with Gasteiger partial charge in [0.05, 0.1) is 29.0 Å². The molecule has 0 bridgehead atoms. The summed E-state index contributed by atoms with van der Waals surface area (Å²) in [6.45, 7) is 2.17. The van der Waals surface area contributed by atoms with Crippen molar-refractivity contribution in [2.75, 3.05) is 11.9 Å². The predicted molar refractivity (Wildman–Crippen MR) is 80.5 cm³/mol. The van der Waals surface area contributed by atoms with Crippen molar-refractivity contribution in [3.8, 4) is 12.1 Å². The van der Waals surface area contributed by atoms with Crippen LogP contribution in [0.4, 0.5) is 5.69 Å². The SMILES string of the molecule is Cc1cccc(NCC(O)c2ccc(C#N)cc2)c1C#N. The fourth-order valence-corrected chi connectivity index (χ4v) is 2.07. The third-order valence-corrected chi connectivity index (χ3v) is 3.30. The molecular formula is C17H15N3O. The summed E-state index contributed by atoms with van der Waals surface area (Å²) in [4.78, 5) is 0. The van der Waals surface area contributed by atoms with Gasteiger partial charge in [-0.15, -0.1) is 0 Å². The van der Waals surface area contributed by atoms with Gasteiger partial charge in [-0.05, 0) is 36.2 Å². The number of anilines is 1. The van der Waals surface area contributed by atoms with Crippen LogP contribution < -0.4 is 5.32 Å². The van der Waals surface area contributed by atoms with E-state index in [1.807, 2.05) is 31.2 Å². The summed E-state index contributed by atoms with van der Waals surface area (Å²) in [5.74, 6) is 0. The molecule has 0 saturated carbocycles. The van der Waals surface area contributed by atoms with Crippen LogP contribution in [0.15, 0.2) is 42.5 Å². The highest BCUT2D eigenvalue weighted by atomic mass is 16.3. The molecule has 104 valence electrons. The Morgan fingerprint density at radius 1 is 1.10 bits per heavy atom. The van der Waals surface area contributed by atoms with Crippen LogP contribution >= 0.6 is 0 Å². The molecule has 21 heavy (non-hydrogen) atoms. The minimum Gasteiger partial charge on any atom is -0.387 e. The molecule has 0 amide bonds. The second-order valence-corrected chi connectivity index (χ2v) is 4.74. The summed E-state index contributed by atoms with van der Waals surface area (Å²) in [6.07, 6.45) is -0.704. The average Bonchev–Trinajstić information content (AvgIpc) is 2.52. The van der Waals surface area contributed by atoms with Crippen LogP contribution in [-0.4, -0.2) is 11.7 Å². The minimum absolute atomic E-state index is 0.296. The molecule has 0 aromatic heterocycles. The standard InChI is InChI=1S/C17H15N3O/c1-12-3-2-4-16(15(12)10-19)20-11-17(21)14-7-5-13(9-18)6-8-14/h2-8,17,20-21H,11H2,1H3. The highest BCUT2D eigenvalue weighted by Gasteiger charge is 2.09. The molecule has 2 aromatic rings. The van der Waals surface area contributed by atoms with Gasteiger partial charge in [0.15, 0.2) is 0 Å². The molecule has 4 nitrogen and oxygen atoms in total. The Labute approximate surface area is 123 Å². The maximum absolute atomic E-state index is 10.2. The molecule has 0 aliphatic carbocycles. The van der Waals surface area contributed by atoms with E-state index in [9.17, 15) is 5.11 Å². The molecule has 0 heterocycles. The Balaban J connectivity index is 2.08. The molecule has 1 unspecified atom stereocenters. The highest BCUT2D eigenvalue weighted by Crippen LogP contribution is 2.20. The predicted octanol–water partition coefficient (Wildman–Crippen LogP) is 2.88. The van der Waals surface area contributed by atoms with Gasteiger partial charge in [-0.3, -0.25) is 0 Å². The van der Waals surface area contributed by atoms with E-state index in [0.29, 0.717) is 23.4 Å². The van der Waals surface area contributed by atoms with E-state index in [2.05, 4.69) is 11.4 Å². The van der Waals surface area contributed by atoms with E-state index < -0.39 is 6.10 Å². The van der Waals surface area contributed by atoms with Crippen LogP contribution in [0.25, 0.3) is 0 Å². The van der Waals surface area contributed by atoms with Gasteiger partial charge in [0.1, 0.15) is 6.07 Å². The van der Waals surface area contributed by atoms with Crippen molar-refractivity contribution in [2.24, 2.45) is 0 Å². The van der Waals surface area contributed by atoms with Crippen molar-refractivity contribution >= 4 is 5.69 Å². The van der Waals surface area contributed by atoms with Crippen LogP contribution in [0.2, 0.25) is 0 Å². The lowest BCUT2D eigenvalue weighted by Crippen LogP contribution is -2.13. The van der Waals surface area contributed by atoms with E-state index in [-0.39, 0.29) is 0 Å². The summed E-state index contributed by atoms with van der Waals surface area (Å²) in [6, 6.07) is 16.6. The second kappa shape index (κ2) is 6.56. The van der Waals surface area contributed by atoms with Crippen molar-refractivity contribution in [3.63, 3.8) is 0 Å². The van der Waals surface area contributed by atoms with Crippen molar-refractivity contribution in [1.29, 1.82) is 10.5 Å². The Morgan fingerprint density at radius 2 is 1.81 bits per heavy atom. The molecule has 2 N–H and O–H groups in total. The first kappa shape index (κ1) is 14.6. The Bertz CT molecular complexity index is 708. The van der Waals surface area contributed by atoms with Crippen LogP contribution in [0, 0.1) is 29.6 Å². The summed E-state index contributed by atoms with van der Waals surface area (Å²) >= 11 is 0. The number of rotatable bonds is 4. The summed E-state index contributed by atoms with van der Waals surface area (Å²) in [5, 5.41) is 31.1. The molecule has 0 radical (unpaired) electrons. The first-order valence-corrected chi connectivity index (χ1v) is 6.57. The third-order valence-electron chi connectivity index (χ3n) is 3.30. The fourth-order valence-electron chi connectivity index (χ4n) is 2.07. The molecule has 4 heteroatoms. The lowest BCUT2D eigenvalue weighted by molar-refractivity contribution is 0.191. The van der Waals surface area contributed by atoms with Crippen molar-refractivity contribution in [1.82, 2.24) is 0 Å². The monoisotopic (exact) mass is 277 g/mol. The Hall–Kier alpha value is -2.82. The number of nitrogens with one attached hydrogen (secondary N) is 1. The zero-order valence-electron chi connectivity index (χ0n) is 11.7. The third kappa shape index (κ3) is 3.39. The number of aliphatic hydroxyl groups is 1. The van der Waals surface area contributed by atoms with Crippen molar-refractivity contribution < 1.29 is 5.11 Å². The summed E-state index contributed by atoms with van der Waals surface area (Å²) in [5.41, 5.74) is 3.49. The van der Waals surface area contributed by atoms with Gasteiger partial charge in [0.25, 0.3) is 0 Å². The van der Waals surface area contributed by atoms with Gasteiger partial charge in [-0.2, -0.15) is 10.5 Å². The largest absolute Gasteiger partial charge is 0.387 e. The first-order chi connectivity index (χ1) is 10.2. The van der Waals surface area contributed by atoms with Gasteiger partial charge < -0.3 is 10.4 Å². The summed E-state index contributed by atoms with van der Waals surface area (Å²) in [7, 11) is 0. The Morgan fingerprint density at radius 3 is 2.43 bits per heavy atom. The second-order valence-electron chi connectivity index (χ2n) is 4.74. The van der Waals surface area contributed by atoms with Crippen LogP contribution in [0.5, 0.6) is 0 Å². The quantitative estimate of drug-likeness (QED) is 0.900. The van der Waals surface area contributed by atoms with Crippen molar-refractivity contribution in [3.05, 3.63) is 64.7 Å². The maximum Gasteiger partial charge on any atom is 0.102 e. The topological polar surface area (TPSA) is 79.8 Å². The van der Waals surface area contributed by atoms with Crippen molar-refractivity contribution in [2.45, 2.75) is 13.0 Å². The molecule has 0 saturated heterocycles. The zero-order valence-corrected chi connectivity index (χ0v) is 11.7. The van der Waals surface area contributed by atoms with Crippen LogP contribution in [-0.2, 0) is 0 Å². The van der Waals surface area contributed by atoms with Gasteiger partial charge in [-0.1, -0.05) is 24.3 Å². The molecule has 0 fully saturated rings. The number of aliphatic hydroxyl groups excluding tert-OH is 1. The fraction of sp³-hybridized carbons (Fsp3) is 0.176. The van der Waals surface area contributed by atoms with E-state index in [1.54, 1.807) is 24.3 Å². The normalized spacial score (nSPS) is 11.2.